The monoisotopic (exact) mass is 299 g/mol. The van der Waals surface area contributed by atoms with E-state index in [0.717, 1.165) is 17.7 Å². The number of benzene rings is 1. The minimum absolute atomic E-state index is 0.178. The van der Waals surface area contributed by atoms with Gasteiger partial charge in [0, 0.05) is 11.8 Å². The Morgan fingerprint density at radius 2 is 1.85 bits per heavy atom. The van der Waals surface area contributed by atoms with Crippen molar-refractivity contribution in [2.45, 2.75) is 32.7 Å². The maximum atomic E-state index is 11.5. The van der Waals surface area contributed by atoms with Crippen molar-refractivity contribution in [2.24, 2.45) is 0 Å². The van der Waals surface area contributed by atoms with Crippen molar-refractivity contribution in [3.05, 3.63) is 29.8 Å². The highest BCUT2D eigenvalue weighted by molar-refractivity contribution is 7.91. The van der Waals surface area contributed by atoms with Gasteiger partial charge in [-0.25, -0.2) is 8.42 Å². The predicted octanol–water partition coefficient (Wildman–Crippen LogP) is 2.56. The van der Waals surface area contributed by atoms with Crippen molar-refractivity contribution in [2.75, 3.05) is 25.2 Å². The standard InChI is InChI=1S/C15H25NO3S/c1-4-19-14-10-8-13(9-11-14)15(16-3)7-6-12-20(17,18)5-2/h8-11,15-16H,4-7,12H2,1-3H3. The van der Waals surface area contributed by atoms with Gasteiger partial charge in [-0.3, -0.25) is 0 Å². The van der Waals surface area contributed by atoms with Crippen LogP contribution < -0.4 is 10.1 Å². The van der Waals surface area contributed by atoms with Crippen LogP contribution in [0.25, 0.3) is 0 Å². The lowest BCUT2D eigenvalue weighted by Crippen LogP contribution is -2.18. The summed E-state index contributed by atoms with van der Waals surface area (Å²) in [6.07, 6.45) is 1.48. The van der Waals surface area contributed by atoms with Gasteiger partial charge in [0.15, 0.2) is 0 Å². The van der Waals surface area contributed by atoms with Crippen molar-refractivity contribution in [3.8, 4) is 5.75 Å². The molecule has 0 aromatic heterocycles. The normalized spacial score (nSPS) is 13.2. The molecular formula is C15H25NO3S. The zero-order valence-corrected chi connectivity index (χ0v) is 13.4. The molecule has 0 bridgehead atoms. The second kappa shape index (κ2) is 8.27. The molecule has 0 heterocycles. The molecule has 1 aromatic carbocycles. The number of hydrogen-bond acceptors (Lipinski definition) is 4. The topological polar surface area (TPSA) is 55.4 Å². The predicted molar refractivity (Wildman–Crippen MR) is 83.0 cm³/mol. The van der Waals surface area contributed by atoms with Crippen LogP contribution in [0.1, 0.15) is 38.3 Å². The number of hydrogen-bond donors (Lipinski definition) is 1. The van der Waals surface area contributed by atoms with Gasteiger partial charge in [0.05, 0.1) is 12.4 Å². The summed E-state index contributed by atoms with van der Waals surface area (Å²) >= 11 is 0. The number of nitrogens with one attached hydrogen (secondary N) is 1. The second-order valence-electron chi connectivity index (χ2n) is 4.72. The lowest BCUT2D eigenvalue weighted by molar-refractivity contribution is 0.340. The van der Waals surface area contributed by atoms with Gasteiger partial charge < -0.3 is 10.1 Å². The highest BCUT2D eigenvalue weighted by Gasteiger charge is 2.12. The molecule has 0 aliphatic rings. The molecule has 1 unspecified atom stereocenters. The molecule has 1 aromatic rings. The van der Waals surface area contributed by atoms with Gasteiger partial charge in [-0.05, 0) is 44.5 Å². The lowest BCUT2D eigenvalue weighted by atomic mass is 10.0. The molecule has 1 rings (SSSR count). The summed E-state index contributed by atoms with van der Waals surface area (Å²) in [4.78, 5) is 0. The maximum absolute atomic E-state index is 11.5. The van der Waals surface area contributed by atoms with Crippen molar-refractivity contribution < 1.29 is 13.2 Å². The minimum Gasteiger partial charge on any atom is -0.494 e. The molecule has 0 aliphatic carbocycles. The summed E-state index contributed by atoms with van der Waals surface area (Å²) in [5.74, 6) is 1.35. The van der Waals surface area contributed by atoms with Gasteiger partial charge in [-0.15, -0.1) is 0 Å². The first-order chi connectivity index (χ1) is 9.52. The van der Waals surface area contributed by atoms with Crippen LogP contribution in [0.2, 0.25) is 0 Å². The van der Waals surface area contributed by atoms with E-state index in [4.69, 9.17) is 4.74 Å². The van der Waals surface area contributed by atoms with Crippen LogP contribution in [-0.2, 0) is 9.84 Å². The van der Waals surface area contributed by atoms with E-state index >= 15 is 0 Å². The van der Waals surface area contributed by atoms with Crippen LogP contribution in [0.5, 0.6) is 5.75 Å². The van der Waals surface area contributed by atoms with E-state index in [2.05, 4.69) is 5.32 Å². The SMILES string of the molecule is CCOc1ccc(C(CCCS(=O)(=O)CC)NC)cc1. The van der Waals surface area contributed by atoms with Crippen molar-refractivity contribution >= 4 is 9.84 Å². The third-order valence-corrected chi connectivity index (χ3v) is 5.12. The fourth-order valence-electron chi connectivity index (χ4n) is 2.09. The van der Waals surface area contributed by atoms with Gasteiger partial charge >= 0.3 is 0 Å². The van der Waals surface area contributed by atoms with Crippen molar-refractivity contribution in [1.29, 1.82) is 0 Å². The highest BCUT2D eigenvalue weighted by Crippen LogP contribution is 2.21. The van der Waals surface area contributed by atoms with Gasteiger partial charge in [0.2, 0.25) is 0 Å². The van der Waals surface area contributed by atoms with Crippen LogP contribution in [-0.4, -0.2) is 33.6 Å². The molecule has 0 radical (unpaired) electrons. The Morgan fingerprint density at radius 3 is 2.35 bits per heavy atom. The zero-order chi connectivity index (χ0) is 15.0. The molecule has 0 saturated heterocycles. The quantitative estimate of drug-likeness (QED) is 0.761. The average molecular weight is 299 g/mol. The van der Waals surface area contributed by atoms with E-state index < -0.39 is 9.84 Å². The summed E-state index contributed by atoms with van der Waals surface area (Å²) < 4.78 is 28.4. The largest absolute Gasteiger partial charge is 0.494 e. The van der Waals surface area contributed by atoms with Crippen LogP contribution >= 0.6 is 0 Å². The molecule has 0 spiro atoms. The fraction of sp³-hybridized carbons (Fsp3) is 0.600. The zero-order valence-electron chi connectivity index (χ0n) is 12.6. The molecule has 114 valence electrons. The molecule has 4 nitrogen and oxygen atoms in total. The van der Waals surface area contributed by atoms with Crippen LogP contribution in [0, 0.1) is 0 Å². The van der Waals surface area contributed by atoms with Crippen LogP contribution in [0.3, 0.4) is 0 Å². The number of rotatable bonds is 9. The van der Waals surface area contributed by atoms with Gasteiger partial charge in [-0.1, -0.05) is 19.1 Å². The molecule has 1 N–H and O–H groups in total. The van der Waals surface area contributed by atoms with E-state index in [1.807, 2.05) is 38.2 Å². The Labute approximate surface area is 122 Å². The third kappa shape index (κ3) is 5.51. The van der Waals surface area contributed by atoms with Crippen LogP contribution in [0.15, 0.2) is 24.3 Å². The third-order valence-electron chi connectivity index (χ3n) is 3.33. The maximum Gasteiger partial charge on any atom is 0.150 e. The lowest BCUT2D eigenvalue weighted by Gasteiger charge is -2.17. The Bertz CT molecular complexity index is 482. The molecular weight excluding hydrogens is 274 g/mol. The van der Waals surface area contributed by atoms with Gasteiger partial charge in [0.25, 0.3) is 0 Å². The molecule has 0 aliphatic heterocycles. The summed E-state index contributed by atoms with van der Waals surface area (Å²) in [6.45, 7) is 4.31. The number of sulfone groups is 1. The van der Waals surface area contributed by atoms with E-state index in [0.29, 0.717) is 13.0 Å². The smallest absolute Gasteiger partial charge is 0.150 e. The number of ether oxygens (including phenoxy) is 1. The second-order valence-corrected chi connectivity index (χ2v) is 7.19. The summed E-state index contributed by atoms with van der Waals surface area (Å²) in [5, 5.41) is 3.24. The van der Waals surface area contributed by atoms with E-state index in [1.54, 1.807) is 6.92 Å². The minimum atomic E-state index is -2.87. The molecule has 20 heavy (non-hydrogen) atoms. The molecule has 0 fully saturated rings. The Kier molecular flexibility index (Phi) is 7.02. The fourth-order valence-corrected chi connectivity index (χ4v) is 2.99. The Morgan fingerprint density at radius 1 is 1.20 bits per heavy atom. The van der Waals surface area contributed by atoms with Crippen LogP contribution in [0.4, 0.5) is 0 Å². The highest BCUT2D eigenvalue weighted by atomic mass is 32.2. The molecule has 5 heteroatoms. The Hall–Kier alpha value is -1.07. The van der Waals surface area contributed by atoms with Gasteiger partial charge in [-0.2, -0.15) is 0 Å². The van der Waals surface area contributed by atoms with E-state index in [9.17, 15) is 8.42 Å². The van der Waals surface area contributed by atoms with E-state index in [-0.39, 0.29) is 17.5 Å². The van der Waals surface area contributed by atoms with Gasteiger partial charge in [0.1, 0.15) is 15.6 Å². The Balaban J connectivity index is 2.57. The first-order valence-corrected chi connectivity index (χ1v) is 8.95. The summed E-state index contributed by atoms with van der Waals surface area (Å²) in [6, 6.07) is 8.14. The first kappa shape index (κ1) is 17.0. The van der Waals surface area contributed by atoms with E-state index in [1.165, 1.54) is 0 Å². The summed E-state index contributed by atoms with van der Waals surface area (Å²) in [5.41, 5.74) is 1.16. The van der Waals surface area contributed by atoms with Crippen molar-refractivity contribution in [3.63, 3.8) is 0 Å². The van der Waals surface area contributed by atoms with Crippen molar-refractivity contribution in [1.82, 2.24) is 5.32 Å². The average Bonchev–Trinajstić information content (AvgIpc) is 2.45. The molecule has 0 saturated carbocycles. The molecule has 0 amide bonds. The molecule has 1 atom stereocenters. The first-order valence-electron chi connectivity index (χ1n) is 7.12. The summed E-state index contributed by atoms with van der Waals surface area (Å²) in [7, 11) is -0.969.